The van der Waals surface area contributed by atoms with Gasteiger partial charge in [0.1, 0.15) is 0 Å². The van der Waals surface area contributed by atoms with Crippen LogP contribution in [0.15, 0.2) is 0 Å². The molecule has 0 aromatic rings. The van der Waals surface area contributed by atoms with Crippen molar-refractivity contribution in [2.75, 3.05) is 0 Å². The molecule has 0 saturated heterocycles. The zero-order valence-electron chi connectivity index (χ0n) is 1.35. The van der Waals surface area contributed by atoms with E-state index >= 15 is 0 Å². The van der Waals surface area contributed by atoms with Crippen molar-refractivity contribution < 1.29 is 15.4 Å². The average molecular weight is 384 g/mol. The Morgan fingerprint density at radius 3 is 1.17 bits per heavy atom. The summed E-state index contributed by atoms with van der Waals surface area (Å²) in [6, 6.07) is 0. The molecule has 0 aliphatic heterocycles. The predicted octanol–water partition coefficient (Wildman–Crippen LogP) is -4.85. The van der Waals surface area contributed by atoms with Gasteiger partial charge in [-0.15, -0.1) is 0 Å². The summed E-state index contributed by atoms with van der Waals surface area (Å²) in [5.41, 5.74) is 0. The Bertz CT molecular complexity index is 15.5. The van der Waals surface area contributed by atoms with E-state index in [1.54, 1.807) is 0 Å². The van der Waals surface area contributed by atoms with E-state index in [4.69, 9.17) is 0 Å². The third kappa shape index (κ3) is 22.6. The van der Waals surface area contributed by atoms with Crippen LogP contribution in [0.1, 0.15) is 0 Å². The molecule has 0 fully saturated rings. The minimum atomic E-state index is 0. The van der Waals surface area contributed by atoms with Crippen molar-refractivity contribution in [3.8, 4) is 0 Å². The monoisotopic (exact) mass is 385 g/mol. The van der Waals surface area contributed by atoms with Gasteiger partial charge >= 0.3 is 179 Å². The Balaban J connectivity index is -0.000000000833. The molecule has 0 aliphatic carbocycles. The van der Waals surface area contributed by atoms with E-state index in [2.05, 4.69) is 15.4 Å². The Morgan fingerprint density at radius 1 is 1.17 bits per heavy atom. The van der Waals surface area contributed by atoms with Crippen LogP contribution in [-0.2, 0) is 15.4 Å². The Kier molecular flexibility index (Phi) is 153. The standard InChI is InChI=1S/Ba.Ca.Fe.Mg.H3Si.Sr.8H/h;;;;1H3;;;;;;;;;. The predicted molar refractivity (Wildman–Crippen MR) is 44.1 cm³/mol. The van der Waals surface area contributed by atoms with Crippen LogP contribution in [0, 0.1) is 0 Å². The molecule has 0 amide bonds. The van der Waals surface area contributed by atoms with Crippen molar-refractivity contribution in [2.45, 2.75) is 0 Å². The van der Waals surface area contributed by atoms with Crippen molar-refractivity contribution in [1.82, 2.24) is 0 Å². The van der Waals surface area contributed by atoms with Crippen LogP contribution in [0.25, 0.3) is 0 Å². The van der Waals surface area contributed by atoms with E-state index < -0.39 is 0 Å². The molecule has 0 bridgehead atoms. The zero-order chi connectivity index (χ0) is 2.00. The van der Waals surface area contributed by atoms with E-state index in [1.807, 2.05) is 0 Å². The normalized spacial score (nSPS) is 1.50. The molecule has 0 atom stereocenters. The molecule has 6 heteroatoms. The SMILES string of the molecule is [BaH2].[CaH2].[MgH2].[SiH3][Fe].[SrH2]. The first-order valence-corrected chi connectivity index (χ1v) is 4.37. The van der Waals surface area contributed by atoms with Gasteiger partial charge in [-0.05, 0) is 0 Å². The van der Waals surface area contributed by atoms with Gasteiger partial charge in [0.25, 0.3) is 0 Å². The molecule has 0 aromatic heterocycles. The van der Waals surface area contributed by atoms with Crippen molar-refractivity contribution in [2.24, 2.45) is 0 Å². The topological polar surface area (TPSA) is 0 Å². The summed E-state index contributed by atoms with van der Waals surface area (Å²) < 4.78 is 0. The molecule has 0 saturated carbocycles. The van der Waals surface area contributed by atoms with Crippen LogP contribution in [0.2, 0.25) is 0 Å². The second kappa shape index (κ2) is 30.8. The van der Waals surface area contributed by atoms with Gasteiger partial charge in [0.05, 0.1) is 0 Å². The molecule has 0 heterocycles. The van der Waals surface area contributed by atoms with Gasteiger partial charge < -0.3 is 0 Å². The summed E-state index contributed by atoms with van der Waals surface area (Å²) in [4.78, 5) is 0. The molecule has 0 aromatic carbocycles. The first kappa shape index (κ1) is 29.8. The van der Waals surface area contributed by atoms with Gasteiger partial charge in [-0.25, -0.2) is 0 Å². The van der Waals surface area contributed by atoms with E-state index in [0.29, 0.717) is 0 Å². The van der Waals surface area contributed by atoms with Crippen molar-refractivity contribution in [3.05, 3.63) is 0 Å². The minimum absolute atomic E-state index is 0. The first-order valence-electron chi connectivity index (χ1n) is 0.354. The molecule has 0 N–H and O–H groups in total. The fourth-order valence-electron chi connectivity index (χ4n) is 0. The van der Waals surface area contributed by atoms with Gasteiger partial charge in [0.2, 0.25) is 0 Å². The van der Waals surface area contributed by atoms with E-state index in [0.717, 1.165) is 8.85 Å². The Morgan fingerprint density at radius 2 is 1.17 bits per heavy atom. The summed E-state index contributed by atoms with van der Waals surface area (Å²) >= 11 is 3.39. The van der Waals surface area contributed by atoms with Crippen LogP contribution in [-0.4, -0.2) is 164 Å². The van der Waals surface area contributed by atoms with Crippen molar-refractivity contribution in [1.29, 1.82) is 0 Å². The molecule has 6 heavy (non-hydrogen) atoms. The van der Waals surface area contributed by atoms with Gasteiger partial charge in [-0.1, -0.05) is 0 Å². The van der Waals surface area contributed by atoms with Crippen LogP contribution in [0.4, 0.5) is 0 Å². The maximum absolute atomic E-state index is 3.39. The number of hydrogen-bond acceptors (Lipinski definition) is 0. The molecular weight excluding hydrogens is 373 g/mol. The summed E-state index contributed by atoms with van der Waals surface area (Å²) in [5, 5.41) is 0. The quantitative estimate of drug-likeness (QED) is 0.368. The second-order valence-corrected chi connectivity index (χ2v) is 0. The zero-order valence-corrected chi connectivity index (χ0v) is 4.46. The molecule has 31 valence electrons. The molecule has 0 rings (SSSR count). The van der Waals surface area contributed by atoms with E-state index in [9.17, 15) is 0 Å². The summed E-state index contributed by atoms with van der Waals surface area (Å²) in [5.74, 6) is 0. The van der Waals surface area contributed by atoms with Crippen molar-refractivity contribution in [3.63, 3.8) is 0 Å². The average Bonchev–Trinajstić information content (AvgIpc) is 1.00. The number of rotatable bonds is 0. The van der Waals surface area contributed by atoms with Crippen LogP contribution >= 0.6 is 0 Å². The van der Waals surface area contributed by atoms with Crippen molar-refractivity contribution >= 4 is 164 Å². The number of hydrogen-bond donors (Lipinski definition) is 0. The van der Waals surface area contributed by atoms with Crippen LogP contribution < -0.4 is 0 Å². The van der Waals surface area contributed by atoms with E-state index in [-0.39, 0.29) is 155 Å². The fourth-order valence-corrected chi connectivity index (χ4v) is 0. The molecule has 0 nitrogen and oxygen atoms in total. The summed E-state index contributed by atoms with van der Waals surface area (Å²) in [7, 11) is 1.06. The Labute approximate surface area is 173 Å². The van der Waals surface area contributed by atoms with E-state index in [1.165, 1.54) is 0 Å². The molecule has 0 spiro atoms. The van der Waals surface area contributed by atoms with Gasteiger partial charge in [-0.2, -0.15) is 0 Å². The first-order chi connectivity index (χ1) is 1.00. The maximum atomic E-state index is 3.39. The molecule has 0 radical (unpaired) electrons. The van der Waals surface area contributed by atoms with Gasteiger partial charge in [-0.3, -0.25) is 0 Å². The van der Waals surface area contributed by atoms with Crippen LogP contribution in [0.3, 0.4) is 0 Å². The molecular formula is H11BaCaFeMgSiSr. The van der Waals surface area contributed by atoms with Gasteiger partial charge in [0.15, 0.2) is 0 Å². The Hall–Kier alpha value is 5.81. The summed E-state index contributed by atoms with van der Waals surface area (Å²) in [6.07, 6.45) is 0. The second-order valence-electron chi connectivity index (χ2n) is 0. The van der Waals surface area contributed by atoms with Crippen LogP contribution in [0.5, 0.6) is 0 Å². The summed E-state index contributed by atoms with van der Waals surface area (Å²) in [6.45, 7) is 0. The molecule has 0 unspecified atom stereocenters. The third-order valence-electron chi connectivity index (χ3n) is 0. The molecule has 0 aliphatic rings. The fraction of sp³-hybridized carbons (Fsp3) is 0. The third-order valence-corrected chi connectivity index (χ3v) is 0. The van der Waals surface area contributed by atoms with Gasteiger partial charge in [0, 0.05) is 0 Å².